The highest BCUT2D eigenvalue weighted by Crippen LogP contribution is 2.65. The fraction of sp³-hybridized carbons (Fsp3) is 0.102. The van der Waals surface area contributed by atoms with Crippen molar-refractivity contribution in [3.8, 4) is 45.3 Å². The molecule has 0 radical (unpaired) electrons. The van der Waals surface area contributed by atoms with Gasteiger partial charge in [0.25, 0.3) is 0 Å². The summed E-state index contributed by atoms with van der Waals surface area (Å²) in [5.41, 5.74) is 14.7. The molecule has 53 heavy (non-hydrogen) atoms. The zero-order valence-corrected chi connectivity index (χ0v) is 29.7. The quantitative estimate of drug-likeness (QED) is 0.183. The predicted molar refractivity (Wildman–Crippen MR) is 216 cm³/mol. The third-order valence-electron chi connectivity index (χ3n) is 11.9. The van der Waals surface area contributed by atoms with Crippen molar-refractivity contribution in [3.63, 3.8) is 0 Å². The van der Waals surface area contributed by atoms with Crippen LogP contribution in [-0.4, -0.2) is 6.04 Å². The molecule has 4 heteroatoms. The van der Waals surface area contributed by atoms with Gasteiger partial charge in [0.2, 0.25) is 0 Å². The molecule has 1 aromatic heterocycles. The first kappa shape index (κ1) is 29.5. The highest BCUT2D eigenvalue weighted by Gasteiger charge is 2.52. The van der Waals surface area contributed by atoms with Crippen molar-refractivity contribution in [2.24, 2.45) is 0 Å². The average molecular weight is 700 g/mol. The highest BCUT2D eigenvalue weighted by molar-refractivity contribution is 7.12. The van der Waals surface area contributed by atoms with E-state index in [1.54, 1.807) is 0 Å². The summed E-state index contributed by atoms with van der Waals surface area (Å²) in [7, 11) is 0. The van der Waals surface area contributed by atoms with Gasteiger partial charge in [0.15, 0.2) is 23.0 Å². The first-order valence-corrected chi connectivity index (χ1v) is 19.4. The van der Waals surface area contributed by atoms with E-state index in [0.717, 1.165) is 53.6 Å². The summed E-state index contributed by atoms with van der Waals surface area (Å²) in [6.45, 7) is 0. The maximum absolute atomic E-state index is 7.07. The van der Waals surface area contributed by atoms with Gasteiger partial charge < -0.3 is 14.4 Å². The second-order valence-corrected chi connectivity index (χ2v) is 15.8. The topological polar surface area (TPSA) is 21.7 Å². The second-order valence-electron chi connectivity index (χ2n) is 14.6. The number of para-hydroxylation sites is 2. The minimum atomic E-state index is -0.438. The van der Waals surface area contributed by atoms with Gasteiger partial charge in [-0.25, -0.2) is 0 Å². The van der Waals surface area contributed by atoms with Gasteiger partial charge in [-0.05, 0) is 105 Å². The molecule has 6 aromatic carbocycles. The molecule has 0 bridgehead atoms. The molecule has 252 valence electrons. The lowest BCUT2D eigenvalue weighted by molar-refractivity contribution is 0.359. The summed E-state index contributed by atoms with van der Waals surface area (Å²) < 4.78 is 14.0. The van der Waals surface area contributed by atoms with Gasteiger partial charge in [0.05, 0.1) is 17.1 Å². The molecule has 5 aliphatic rings. The Labute approximate surface area is 312 Å². The number of benzene rings is 6. The molecule has 4 aliphatic carbocycles. The number of anilines is 2. The standard InChI is InChI=1S/C49H33NO2S/c1-2-13-30(14-3-1)50(31-25-26-36-35-18-7-11-24-46(35)53-47(36)27-31)42-22-12-23-43-48(42)52-44-28-37-34-17-6-10-21-40(34)49(41(37)29-45(44)51-43)38-19-8-4-15-32(38)33-16-5-9-20-39(33)49/h1-10,12-23,25-26,28-29,31H,11,24,27H2. The van der Waals surface area contributed by atoms with Crippen LogP contribution in [0.3, 0.4) is 0 Å². The predicted octanol–water partition coefficient (Wildman–Crippen LogP) is 12.7. The van der Waals surface area contributed by atoms with Crippen molar-refractivity contribution in [1.82, 2.24) is 0 Å². The van der Waals surface area contributed by atoms with E-state index in [1.165, 1.54) is 65.4 Å². The van der Waals surface area contributed by atoms with Gasteiger partial charge in [-0.15, -0.1) is 11.3 Å². The second kappa shape index (κ2) is 11.0. The van der Waals surface area contributed by atoms with E-state index in [-0.39, 0.29) is 6.04 Å². The largest absolute Gasteiger partial charge is 0.449 e. The molecule has 0 saturated carbocycles. The van der Waals surface area contributed by atoms with E-state index >= 15 is 0 Å². The first-order chi connectivity index (χ1) is 26.3. The molecule has 1 aliphatic heterocycles. The summed E-state index contributed by atoms with van der Waals surface area (Å²) in [6, 6.07) is 48.3. The summed E-state index contributed by atoms with van der Waals surface area (Å²) in [5, 5.41) is 0. The smallest absolute Gasteiger partial charge is 0.193 e. The zero-order valence-electron chi connectivity index (χ0n) is 28.9. The number of fused-ring (bicyclic) bond motifs is 15. The Balaban J connectivity index is 1.00. The van der Waals surface area contributed by atoms with Gasteiger partial charge >= 0.3 is 0 Å². The molecule has 0 fully saturated rings. The normalized spacial score (nSPS) is 16.9. The molecule has 0 saturated heterocycles. The Bertz CT molecular complexity index is 2690. The van der Waals surface area contributed by atoms with E-state index in [4.69, 9.17) is 9.47 Å². The van der Waals surface area contributed by atoms with Crippen molar-refractivity contribution in [3.05, 3.63) is 189 Å². The number of nitrogens with zero attached hydrogens (tertiary/aromatic N) is 1. The van der Waals surface area contributed by atoms with Crippen molar-refractivity contribution < 1.29 is 9.47 Å². The molecule has 0 N–H and O–H groups in total. The van der Waals surface area contributed by atoms with Gasteiger partial charge in [-0.1, -0.05) is 121 Å². The number of rotatable bonds is 3. The summed E-state index contributed by atoms with van der Waals surface area (Å²) in [4.78, 5) is 5.41. The van der Waals surface area contributed by atoms with E-state index < -0.39 is 5.41 Å². The molecule has 1 atom stereocenters. The minimum absolute atomic E-state index is 0.111. The molecule has 3 nitrogen and oxygen atoms in total. The molecule has 12 rings (SSSR count). The number of thiophene rings is 1. The monoisotopic (exact) mass is 699 g/mol. The SMILES string of the molecule is C1=Cc2c(sc3c2C=CC(N(c2ccccc2)c2cccc4c2Oc2cc5c(cc2O4)C2(c4ccccc4-c4ccccc42)c2ccccc2-5)C3)CC1. The van der Waals surface area contributed by atoms with E-state index in [1.807, 2.05) is 17.4 Å². The fourth-order valence-corrected chi connectivity index (χ4v) is 11.1. The fourth-order valence-electron chi connectivity index (χ4n) is 9.78. The third-order valence-corrected chi connectivity index (χ3v) is 13.2. The van der Waals surface area contributed by atoms with Crippen LogP contribution in [0.4, 0.5) is 11.4 Å². The van der Waals surface area contributed by atoms with Crippen molar-refractivity contribution in [2.45, 2.75) is 30.7 Å². The first-order valence-electron chi connectivity index (χ1n) is 18.6. The van der Waals surface area contributed by atoms with E-state index in [0.29, 0.717) is 0 Å². The Kier molecular flexibility index (Phi) is 6.09. The maximum atomic E-state index is 7.07. The summed E-state index contributed by atoms with van der Waals surface area (Å²) in [5.74, 6) is 2.95. The van der Waals surface area contributed by atoms with Crippen molar-refractivity contribution in [2.75, 3.05) is 4.90 Å². The van der Waals surface area contributed by atoms with Crippen LogP contribution in [-0.2, 0) is 18.3 Å². The molecule has 2 heterocycles. The molecule has 0 amide bonds. The molecular weight excluding hydrogens is 667 g/mol. The van der Waals surface area contributed by atoms with Crippen LogP contribution in [0.2, 0.25) is 0 Å². The van der Waals surface area contributed by atoms with Crippen molar-refractivity contribution >= 4 is 34.9 Å². The third kappa shape index (κ3) is 3.99. The Morgan fingerprint density at radius 1 is 0.566 bits per heavy atom. The lowest BCUT2D eigenvalue weighted by atomic mass is 9.70. The number of hydrogen-bond acceptors (Lipinski definition) is 4. The minimum Gasteiger partial charge on any atom is -0.449 e. The van der Waals surface area contributed by atoms with Crippen LogP contribution in [0.15, 0.2) is 146 Å². The Morgan fingerprint density at radius 2 is 1.23 bits per heavy atom. The van der Waals surface area contributed by atoms with Gasteiger partial charge in [-0.3, -0.25) is 0 Å². The maximum Gasteiger partial charge on any atom is 0.193 e. The summed E-state index contributed by atoms with van der Waals surface area (Å²) in [6.07, 6.45) is 12.6. The Morgan fingerprint density at radius 3 is 1.98 bits per heavy atom. The highest BCUT2D eigenvalue weighted by atomic mass is 32.1. The molecule has 1 unspecified atom stereocenters. The van der Waals surface area contributed by atoms with Crippen LogP contribution >= 0.6 is 11.3 Å². The lowest BCUT2D eigenvalue weighted by Crippen LogP contribution is -2.33. The van der Waals surface area contributed by atoms with E-state index in [9.17, 15) is 0 Å². The van der Waals surface area contributed by atoms with Gasteiger partial charge in [0.1, 0.15) is 0 Å². The average Bonchev–Trinajstić information content (AvgIpc) is 3.83. The zero-order chi connectivity index (χ0) is 34.7. The number of hydrogen-bond donors (Lipinski definition) is 0. The Hall–Kier alpha value is -6.10. The number of aryl methyl sites for hydroxylation is 1. The van der Waals surface area contributed by atoms with Crippen LogP contribution in [0.5, 0.6) is 23.0 Å². The summed E-state index contributed by atoms with van der Waals surface area (Å²) >= 11 is 1.99. The molecule has 1 spiro atoms. The number of allylic oxidation sites excluding steroid dienone is 1. The molecular formula is C49H33NO2S. The van der Waals surface area contributed by atoms with Crippen LogP contribution in [0.1, 0.15) is 49.6 Å². The van der Waals surface area contributed by atoms with E-state index in [2.05, 4.69) is 157 Å². The molecule has 7 aromatic rings. The van der Waals surface area contributed by atoms with Gasteiger partial charge in [0, 0.05) is 21.9 Å². The van der Waals surface area contributed by atoms with Crippen LogP contribution in [0, 0.1) is 0 Å². The lowest BCUT2D eigenvalue weighted by Gasteiger charge is -2.36. The van der Waals surface area contributed by atoms with Crippen molar-refractivity contribution in [1.29, 1.82) is 0 Å². The number of ether oxygens (including phenoxy) is 2. The van der Waals surface area contributed by atoms with Crippen LogP contribution < -0.4 is 14.4 Å². The van der Waals surface area contributed by atoms with Gasteiger partial charge in [-0.2, -0.15) is 0 Å². The van der Waals surface area contributed by atoms with Crippen LogP contribution in [0.25, 0.3) is 34.4 Å².